The van der Waals surface area contributed by atoms with Gasteiger partial charge in [-0.25, -0.2) is 15.0 Å². The Morgan fingerprint density at radius 2 is 1.64 bits per heavy atom. The molecule has 0 saturated heterocycles. The van der Waals surface area contributed by atoms with E-state index in [9.17, 15) is 0 Å². The Morgan fingerprint density at radius 1 is 1.00 bits per heavy atom. The third-order valence-corrected chi connectivity index (χ3v) is 5.57. The highest BCUT2D eigenvalue weighted by atomic mass is 35.5. The lowest BCUT2D eigenvalue weighted by Crippen LogP contribution is -2.06. The van der Waals surface area contributed by atoms with Gasteiger partial charge in [0, 0.05) is 17.0 Å². The van der Waals surface area contributed by atoms with Crippen LogP contribution in [0.5, 0.6) is 11.5 Å². The summed E-state index contributed by atoms with van der Waals surface area (Å²) in [5.74, 6) is 1.87. The Balaban J connectivity index is 1.99. The maximum atomic E-state index is 6.54. The van der Waals surface area contributed by atoms with Crippen molar-refractivity contribution in [3.8, 4) is 22.8 Å². The van der Waals surface area contributed by atoms with Gasteiger partial charge in [0.2, 0.25) is 5.95 Å². The maximum absolute atomic E-state index is 6.54. The van der Waals surface area contributed by atoms with E-state index in [1.165, 1.54) is 27.1 Å². The van der Waals surface area contributed by atoms with Crippen molar-refractivity contribution in [1.82, 2.24) is 15.0 Å². The number of aromatic nitrogens is 3. The summed E-state index contributed by atoms with van der Waals surface area (Å²) in [6.07, 6.45) is 3.18. The first-order valence-electron chi connectivity index (χ1n) is 8.75. The number of hydrogen-bond donors (Lipinski definition) is 2. The van der Waals surface area contributed by atoms with Crippen LogP contribution in [-0.4, -0.2) is 29.2 Å². The van der Waals surface area contributed by atoms with Crippen molar-refractivity contribution in [3.63, 3.8) is 0 Å². The maximum Gasteiger partial charge on any atom is 0.220 e. The Hall–Kier alpha value is -2.51. The molecule has 0 atom stereocenters. The predicted octanol–water partition coefficient (Wildman–Crippen LogP) is 4.13. The monoisotopic (exact) mass is 419 g/mol. The zero-order chi connectivity index (χ0) is 20.0. The molecule has 1 aliphatic rings. The minimum absolute atomic E-state index is 0.184. The van der Waals surface area contributed by atoms with Gasteiger partial charge >= 0.3 is 0 Å². The molecule has 0 radical (unpaired) electrons. The first kappa shape index (κ1) is 18.8. The molecule has 1 fully saturated rings. The molecule has 1 saturated carbocycles. The van der Waals surface area contributed by atoms with Crippen molar-refractivity contribution in [3.05, 3.63) is 27.9 Å². The molecule has 1 aliphatic carbocycles. The molecule has 0 bridgehead atoms. The molecule has 9 heteroatoms. The third kappa shape index (κ3) is 3.25. The second-order valence-electron chi connectivity index (χ2n) is 6.75. The lowest BCUT2D eigenvalue weighted by atomic mass is 10.0. The lowest BCUT2D eigenvalue weighted by molar-refractivity contribution is 0.395. The van der Waals surface area contributed by atoms with Gasteiger partial charge in [-0.3, -0.25) is 0 Å². The number of pyridine rings is 1. The van der Waals surface area contributed by atoms with E-state index in [0.29, 0.717) is 44.2 Å². The quantitative estimate of drug-likeness (QED) is 0.639. The van der Waals surface area contributed by atoms with E-state index in [-0.39, 0.29) is 11.8 Å². The van der Waals surface area contributed by atoms with Crippen LogP contribution in [0.1, 0.15) is 18.5 Å². The average Bonchev–Trinajstić information content (AvgIpc) is 3.47. The number of rotatable bonds is 5. The summed E-state index contributed by atoms with van der Waals surface area (Å²) in [6.45, 7) is 0. The van der Waals surface area contributed by atoms with Crippen LogP contribution in [-0.2, 0) is 6.42 Å². The van der Waals surface area contributed by atoms with Crippen LogP contribution >= 0.6 is 23.2 Å². The van der Waals surface area contributed by atoms with Crippen molar-refractivity contribution in [2.45, 2.75) is 19.3 Å². The number of nitrogen functional groups attached to an aromatic ring is 2. The smallest absolute Gasteiger partial charge is 0.220 e. The molecule has 0 unspecified atom stereocenters. The van der Waals surface area contributed by atoms with Crippen molar-refractivity contribution in [2.24, 2.45) is 5.92 Å². The number of fused-ring (bicyclic) bond motifs is 1. The highest BCUT2D eigenvalue weighted by molar-refractivity contribution is 6.41. The molecule has 0 amide bonds. The standard InChI is InChI=1S/C19H19Cl2N5O2/c1-27-12-7-13(28-2)16(21)14(15(12)20)11-6-9-10(5-8-3-4-8)25-19(23)26-17(9)18(22)24-11/h6-8H,3-5H2,1-2H3,(H2,22,24)(H2,23,25,26). The molecule has 7 nitrogen and oxygen atoms in total. The van der Waals surface area contributed by atoms with Crippen LogP contribution in [0.4, 0.5) is 11.8 Å². The largest absolute Gasteiger partial charge is 0.495 e. The fraction of sp³-hybridized carbons (Fsp3) is 0.316. The molecular formula is C19H19Cl2N5O2. The summed E-state index contributed by atoms with van der Waals surface area (Å²) in [4.78, 5) is 13.2. The van der Waals surface area contributed by atoms with Crippen LogP contribution in [0.15, 0.2) is 12.1 Å². The van der Waals surface area contributed by atoms with E-state index in [1.54, 1.807) is 6.07 Å². The number of ether oxygens (including phenoxy) is 2. The fourth-order valence-corrected chi connectivity index (χ4v) is 3.92. The minimum atomic E-state index is 0.184. The first-order chi connectivity index (χ1) is 13.4. The van der Waals surface area contributed by atoms with E-state index in [2.05, 4.69) is 15.0 Å². The van der Waals surface area contributed by atoms with Gasteiger partial charge in [-0.1, -0.05) is 23.2 Å². The molecule has 3 aromatic rings. The Labute approximate surface area is 172 Å². The predicted molar refractivity (Wildman–Crippen MR) is 111 cm³/mol. The zero-order valence-corrected chi connectivity index (χ0v) is 16.9. The number of nitrogens with two attached hydrogens (primary N) is 2. The number of hydrogen-bond acceptors (Lipinski definition) is 7. The van der Waals surface area contributed by atoms with Gasteiger partial charge in [-0.2, -0.15) is 0 Å². The van der Waals surface area contributed by atoms with Crippen molar-refractivity contribution >= 4 is 45.9 Å². The second-order valence-corrected chi connectivity index (χ2v) is 7.50. The van der Waals surface area contributed by atoms with Crippen molar-refractivity contribution in [2.75, 3.05) is 25.7 Å². The topological polar surface area (TPSA) is 109 Å². The van der Waals surface area contributed by atoms with Gasteiger partial charge < -0.3 is 20.9 Å². The van der Waals surface area contributed by atoms with Crippen LogP contribution in [0.25, 0.3) is 22.2 Å². The Bertz CT molecular complexity index is 1060. The first-order valence-corrected chi connectivity index (χ1v) is 9.51. The number of anilines is 2. The van der Waals surface area contributed by atoms with E-state index in [1.807, 2.05) is 6.07 Å². The molecule has 0 aliphatic heterocycles. The van der Waals surface area contributed by atoms with Crippen LogP contribution in [0.3, 0.4) is 0 Å². The van der Waals surface area contributed by atoms with Gasteiger partial charge in [-0.15, -0.1) is 0 Å². The van der Waals surface area contributed by atoms with Crippen LogP contribution in [0.2, 0.25) is 10.0 Å². The lowest BCUT2D eigenvalue weighted by Gasteiger charge is -2.16. The highest BCUT2D eigenvalue weighted by Gasteiger charge is 2.25. The molecular weight excluding hydrogens is 401 g/mol. The van der Waals surface area contributed by atoms with Crippen LogP contribution in [0, 0.1) is 5.92 Å². The number of methoxy groups -OCH3 is 2. The average molecular weight is 420 g/mol. The zero-order valence-electron chi connectivity index (χ0n) is 15.4. The van der Waals surface area contributed by atoms with Crippen molar-refractivity contribution in [1.29, 1.82) is 0 Å². The van der Waals surface area contributed by atoms with Gasteiger partial charge in [0.25, 0.3) is 0 Å². The molecule has 2 aromatic heterocycles. The summed E-state index contributed by atoms with van der Waals surface area (Å²) in [5.41, 5.74) is 14.4. The second kappa shape index (κ2) is 7.14. The van der Waals surface area contributed by atoms with Gasteiger partial charge in [0.05, 0.1) is 35.7 Å². The third-order valence-electron chi connectivity index (χ3n) is 4.82. The number of nitrogens with zero attached hydrogens (tertiary/aromatic N) is 3. The summed E-state index contributed by atoms with van der Waals surface area (Å²) < 4.78 is 10.7. The molecule has 2 heterocycles. The summed E-state index contributed by atoms with van der Waals surface area (Å²) in [5, 5.41) is 1.43. The molecule has 0 spiro atoms. The normalized spacial score (nSPS) is 13.7. The Kier molecular flexibility index (Phi) is 4.81. The van der Waals surface area contributed by atoms with Gasteiger partial charge in [-0.05, 0) is 31.2 Å². The van der Waals surface area contributed by atoms with E-state index >= 15 is 0 Å². The Morgan fingerprint density at radius 3 is 2.21 bits per heavy atom. The molecule has 146 valence electrons. The molecule has 4 rings (SSSR count). The fourth-order valence-electron chi connectivity index (χ4n) is 3.22. The van der Waals surface area contributed by atoms with Crippen molar-refractivity contribution < 1.29 is 9.47 Å². The van der Waals surface area contributed by atoms with E-state index in [0.717, 1.165) is 17.5 Å². The van der Waals surface area contributed by atoms with Gasteiger partial charge in [0.1, 0.15) is 17.0 Å². The summed E-state index contributed by atoms with van der Waals surface area (Å²) in [6, 6.07) is 3.47. The van der Waals surface area contributed by atoms with E-state index in [4.69, 9.17) is 44.1 Å². The summed E-state index contributed by atoms with van der Waals surface area (Å²) in [7, 11) is 3.04. The van der Waals surface area contributed by atoms with Gasteiger partial charge in [0.15, 0.2) is 5.82 Å². The molecule has 1 aromatic carbocycles. The van der Waals surface area contributed by atoms with E-state index < -0.39 is 0 Å². The molecule has 28 heavy (non-hydrogen) atoms. The number of halogens is 2. The minimum Gasteiger partial charge on any atom is -0.495 e. The number of benzene rings is 1. The molecule has 4 N–H and O–H groups in total. The van der Waals surface area contributed by atoms with Crippen LogP contribution < -0.4 is 20.9 Å². The summed E-state index contributed by atoms with van der Waals surface area (Å²) >= 11 is 13.1. The SMILES string of the molecule is COc1cc(OC)c(Cl)c(-c2cc3c(CC4CC4)nc(N)nc3c(N)n2)c1Cl. The highest BCUT2D eigenvalue weighted by Crippen LogP contribution is 2.46.